The second-order valence-corrected chi connectivity index (χ2v) is 11.2. The van der Waals surface area contributed by atoms with Crippen molar-refractivity contribution < 1.29 is 17.9 Å². The van der Waals surface area contributed by atoms with Gasteiger partial charge in [0.1, 0.15) is 5.75 Å². The third kappa shape index (κ3) is 4.22. The van der Waals surface area contributed by atoms with E-state index in [2.05, 4.69) is 4.99 Å². The second kappa shape index (κ2) is 8.06. The van der Waals surface area contributed by atoms with Crippen LogP contribution in [-0.2, 0) is 14.6 Å². The van der Waals surface area contributed by atoms with Crippen LogP contribution in [0.1, 0.15) is 38.5 Å². The number of anilines is 1. The van der Waals surface area contributed by atoms with Crippen LogP contribution in [0.2, 0.25) is 0 Å². The van der Waals surface area contributed by atoms with Crippen molar-refractivity contribution in [3.8, 4) is 5.75 Å². The Morgan fingerprint density at radius 1 is 1.18 bits per heavy atom. The van der Waals surface area contributed by atoms with Crippen LogP contribution in [0.15, 0.2) is 29.3 Å². The van der Waals surface area contributed by atoms with E-state index in [0.717, 1.165) is 24.3 Å². The molecule has 2 atom stereocenters. The molecule has 2 saturated heterocycles. The highest BCUT2D eigenvalue weighted by Crippen LogP contribution is 2.41. The number of carbonyl (C=O) groups is 1. The SMILES string of the molecule is COc1ccc(N2C(=NC(=O)CC3CCCCC3)S[C@@H]3CS(=O)(=O)C[C@@H]32)cc1. The number of aliphatic imine (C=N–C) groups is 1. The number of carbonyl (C=O) groups excluding carboxylic acids is 1. The summed E-state index contributed by atoms with van der Waals surface area (Å²) in [6.45, 7) is 0. The van der Waals surface area contributed by atoms with E-state index >= 15 is 0 Å². The van der Waals surface area contributed by atoms with E-state index in [0.29, 0.717) is 17.5 Å². The minimum Gasteiger partial charge on any atom is -0.497 e. The lowest BCUT2D eigenvalue weighted by Crippen LogP contribution is -2.37. The van der Waals surface area contributed by atoms with Gasteiger partial charge < -0.3 is 9.64 Å². The number of ether oxygens (including phenoxy) is 1. The molecule has 3 fully saturated rings. The predicted octanol–water partition coefficient (Wildman–Crippen LogP) is 3.27. The molecule has 0 radical (unpaired) electrons. The Balaban J connectivity index is 1.58. The smallest absolute Gasteiger partial charge is 0.248 e. The molecule has 0 spiro atoms. The van der Waals surface area contributed by atoms with E-state index < -0.39 is 9.84 Å². The van der Waals surface area contributed by atoms with Crippen LogP contribution in [0.5, 0.6) is 5.75 Å². The molecule has 0 aromatic heterocycles. The number of fused-ring (bicyclic) bond motifs is 1. The molecular weight excluding hydrogens is 396 g/mol. The molecule has 3 aliphatic rings. The third-order valence-electron chi connectivity index (χ3n) is 5.83. The maximum atomic E-state index is 12.6. The number of nitrogens with zero attached hydrogens (tertiary/aromatic N) is 2. The fourth-order valence-electron chi connectivity index (χ4n) is 4.40. The van der Waals surface area contributed by atoms with Crippen molar-refractivity contribution in [2.45, 2.75) is 49.8 Å². The Morgan fingerprint density at radius 2 is 1.89 bits per heavy atom. The number of amides is 1. The topological polar surface area (TPSA) is 76.0 Å². The third-order valence-corrected chi connectivity index (χ3v) is 9.04. The van der Waals surface area contributed by atoms with Crippen LogP contribution >= 0.6 is 11.8 Å². The van der Waals surface area contributed by atoms with Gasteiger partial charge in [-0.05, 0) is 43.0 Å². The van der Waals surface area contributed by atoms with Crippen molar-refractivity contribution >= 4 is 38.4 Å². The lowest BCUT2D eigenvalue weighted by atomic mass is 9.87. The molecular formula is C20H26N2O4S2. The summed E-state index contributed by atoms with van der Waals surface area (Å²) in [4.78, 5) is 19.0. The van der Waals surface area contributed by atoms with Gasteiger partial charge in [0, 0.05) is 17.4 Å². The molecule has 0 N–H and O–H groups in total. The van der Waals surface area contributed by atoms with Gasteiger partial charge in [0.15, 0.2) is 15.0 Å². The van der Waals surface area contributed by atoms with Gasteiger partial charge in [-0.1, -0.05) is 31.0 Å². The highest BCUT2D eigenvalue weighted by atomic mass is 32.2. The van der Waals surface area contributed by atoms with Crippen LogP contribution in [0.25, 0.3) is 0 Å². The maximum absolute atomic E-state index is 12.6. The molecule has 1 saturated carbocycles. The van der Waals surface area contributed by atoms with Crippen molar-refractivity contribution in [1.29, 1.82) is 0 Å². The fourth-order valence-corrected chi connectivity index (χ4v) is 8.33. The van der Waals surface area contributed by atoms with Crippen LogP contribution in [0, 0.1) is 5.92 Å². The molecule has 6 nitrogen and oxygen atoms in total. The van der Waals surface area contributed by atoms with Crippen LogP contribution in [-0.4, -0.2) is 49.4 Å². The normalized spacial score (nSPS) is 28.5. The van der Waals surface area contributed by atoms with Crippen molar-refractivity contribution in [3.05, 3.63) is 24.3 Å². The van der Waals surface area contributed by atoms with Crippen LogP contribution in [0.4, 0.5) is 5.69 Å². The van der Waals surface area contributed by atoms with E-state index in [-0.39, 0.29) is 28.7 Å². The summed E-state index contributed by atoms with van der Waals surface area (Å²) in [6, 6.07) is 7.31. The van der Waals surface area contributed by atoms with E-state index in [4.69, 9.17) is 4.74 Å². The number of thioether (sulfide) groups is 1. The van der Waals surface area contributed by atoms with Gasteiger partial charge >= 0.3 is 0 Å². The molecule has 152 valence electrons. The molecule has 1 amide bonds. The van der Waals surface area contributed by atoms with E-state index in [9.17, 15) is 13.2 Å². The number of rotatable bonds is 4. The molecule has 0 unspecified atom stereocenters. The number of sulfone groups is 1. The van der Waals surface area contributed by atoms with Crippen molar-refractivity contribution in [1.82, 2.24) is 0 Å². The van der Waals surface area contributed by atoms with Gasteiger partial charge in [0.2, 0.25) is 5.91 Å². The number of benzene rings is 1. The summed E-state index contributed by atoms with van der Waals surface area (Å²) >= 11 is 1.43. The van der Waals surface area contributed by atoms with Gasteiger partial charge in [0.25, 0.3) is 0 Å². The van der Waals surface area contributed by atoms with Gasteiger partial charge in [-0.25, -0.2) is 8.42 Å². The summed E-state index contributed by atoms with van der Waals surface area (Å²) in [5, 5.41) is 0.559. The molecule has 0 bridgehead atoms. The lowest BCUT2D eigenvalue weighted by molar-refractivity contribution is -0.118. The average molecular weight is 423 g/mol. The quantitative estimate of drug-likeness (QED) is 0.741. The van der Waals surface area contributed by atoms with E-state index in [1.807, 2.05) is 29.2 Å². The Kier molecular flexibility index (Phi) is 5.69. The van der Waals surface area contributed by atoms with Gasteiger partial charge in [-0.3, -0.25) is 4.79 Å². The summed E-state index contributed by atoms with van der Waals surface area (Å²) in [7, 11) is -1.45. The highest BCUT2D eigenvalue weighted by molar-refractivity contribution is 8.16. The first-order valence-corrected chi connectivity index (χ1v) is 12.6. The zero-order chi connectivity index (χ0) is 19.7. The number of amidine groups is 1. The summed E-state index contributed by atoms with van der Waals surface area (Å²) in [6.07, 6.45) is 6.36. The zero-order valence-electron chi connectivity index (χ0n) is 16.0. The predicted molar refractivity (Wildman–Crippen MR) is 113 cm³/mol. The number of hydrogen-bond donors (Lipinski definition) is 0. The Morgan fingerprint density at radius 3 is 2.57 bits per heavy atom. The molecule has 1 aromatic carbocycles. The van der Waals surface area contributed by atoms with Crippen LogP contribution in [0.3, 0.4) is 0 Å². The Hall–Kier alpha value is -1.54. The van der Waals surface area contributed by atoms with Gasteiger partial charge in [-0.2, -0.15) is 4.99 Å². The molecule has 28 heavy (non-hydrogen) atoms. The monoisotopic (exact) mass is 422 g/mol. The average Bonchev–Trinajstić information content (AvgIpc) is 3.13. The Labute approximate surface area is 170 Å². The summed E-state index contributed by atoms with van der Waals surface area (Å²) < 4.78 is 29.5. The van der Waals surface area contributed by atoms with Gasteiger partial charge in [-0.15, -0.1) is 0 Å². The zero-order valence-corrected chi connectivity index (χ0v) is 17.7. The van der Waals surface area contributed by atoms with Crippen molar-refractivity contribution in [2.24, 2.45) is 10.9 Å². The molecule has 4 rings (SSSR count). The first kappa shape index (κ1) is 19.8. The standard InChI is InChI=1S/C20H26N2O4S2/c1-26-16-9-7-15(8-10-16)22-17-12-28(24,25)13-18(17)27-20(22)21-19(23)11-14-5-3-2-4-6-14/h7-10,14,17-18H,2-6,11-13H2,1H3/t17-,18+/m0/s1. The first-order valence-electron chi connectivity index (χ1n) is 9.87. The van der Waals surface area contributed by atoms with E-state index in [1.165, 1.54) is 31.0 Å². The minimum absolute atomic E-state index is 0.0756. The van der Waals surface area contributed by atoms with E-state index in [1.54, 1.807) is 7.11 Å². The minimum atomic E-state index is -3.06. The number of hydrogen-bond acceptors (Lipinski definition) is 5. The number of methoxy groups -OCH3 is 1. The van der Waals surface area contributed by atoms with Crippen molar-refractivity contribution in [3.63, 3.8) is 0 Å². The van der Waals surface area contributed by atoms with Crippen molar-refractivity contribution in [2.75, 3.05) is 23.5 Å². The Bertz CT molecular complexity index is 861. The molecule has 8 heteroatoms. The largest absolute Gasteiger partial charge is 0.497 e. The molecule has 2 heterocycles. The fraction of sp³-hybridized carbons (Fsp3) is 0.600. The molecule has 1 aromatic rings. The van der Waals surface area contributed by atoms with Gasteiger partial charge in [0.05, 0.1) is 24.7 Å². The maximum Gasteiger partial charge on any atom is 0.248 e. The summed E-state index contributed by atoms with van der Waals surface area (Å²) in [5.41, 5.74) is 0.849. The summed E-state index contributed by atoms with van der Waals surface area (Å²) in [5.74, 6) is 1.33. The highest BCUT2D eigenvalue weighted by Gasteiger charge is 2.49. The molecule has 2 aliphatic heterocycles. The molecule has 1 aliphatic carbocycles. The lowest BCUT2D eigenvalue weighted by Gasteiger charge is -2.25. The first-order chi connectivity index (χ1) is 13.4. The van der Waals surface area contributed by atoms with Crippen LogP contribution < -0.4 is 9.64 Å². The second-order valence-electron chi connectivity index (χ2n) is 7.86.